The van der Waals surface area contributed by atoms with Gasteiger partial charge in [0, 0.05) is 32.1 Å². The van der Waals surface area contributed by atoms with Crippen LogP contribution in [0.3, 0.4) is 0 Å². The second-order valence-electron chi connectivity index (χ2n) is 5.62. The molecule has 0 saturated carbocycles. The van der Waals surface area contributed by atoms with E-state index in [4.69, 9.17) is 14.2 Å². The number of rotatable bonds is 7. The molecule has 0 N–H and O–H groups in total. The van der Waals surface area contributed by atoms with Crippen molar-refractivity contribution in [2.24, 2.45) is 0 Å². The van der Waals surface area contributed by atoms with Gasteiger partial charge in [-0.3, -0.25) is 9.10 Å². The van der Waals surface area contributed by atoms with Crippen LogP contribution in [-0.4, -0.2) is 72.5 Å². The summed E-state index contributed by atoms with van der Waals surface area (Å²) >= 11 is 0. The molecule has 1 fully saturated rings. The molecule has 1 aromatic rings. The second-order valence-corrected chi connectivity index (χ2v) is 7.52. The van der Waals surface area contributed by atoms with Crippen LogP contribution in [0.15, 0.2) is 18.2 Å². The zero-order valence-electron chi connectivity index (χ0n) is 14.7. The normalized spacial score (nSPS) is 14.9. The average molecular weight is 372 g/mol. The highest BCUT2D eigenvalue weighted by Crippen LogP contribution is 2.33. The fraction of sp³-hybridized carbons (Fsp3) is 0.562. The predicted octanol–water partition coefficient (Wildman–Crippen LogP) is 0.719. The Morgan fingerprint density at radius 3 is 2.48 bits per heavy atom. The molecule has 1 aromatic carbocycles. The van der Waals surface area contributed by atoms with Gasteiger partial charge in [0.15, 0.2) is 0 Å². The minimum Gasteiger partial charge on any atom is -0.497 e. The summed E-state index contributed by atoms with van der Waals surface area (Å²) in [6.45, 7) is 2.09. The van der Waals surface area contributed by atoms with Crippen LogP contribution < -0.4 is 13.8 Å². The number of benzene rings is 1. The lowest BCUT2D eigenvalue weighted by Gasteiger charge is -2.29. The van der Waals surface area contributed by atoms with Crippen LogP contribution in [0.25, 0.3) is 0 Å². The predicted molar refractivity (Wildman–Crippen MR) is 93.8 cm³/mol. The maximum absolute atomic E-state index is 12.3. The van der Waals surface area contributed by atoms with E-state index in [-0.39, 0.29) is 18.9 Å². The number of ether oxygens (including phenoxy) is 3. The molecule has 25 heavy (non-hydrogen) atoms. The summed E-state index contributed by atoms with van der Waals surface area (Å²) in [6.07, 6.45) is 1.18. The van der Waals surface area contributed by atoms with E-state index in [9.17, 15) is 13.2 Å². The fourth-order valence-electron chi connectivity index (χ4n) is 2.62. The smallest absolute Gasteiger partial charge is 0.232 e. The van der Waals surface area contributed by atoms with Crippen molar-refractivity contribution in [3.8, 4) is 11.5 Å². The molecule has 0 unspecified atom stereocenters. The zero-order chi connectivity index (χ0) is 18.4. The first-order chi connectivity index (χ1) is 11.9. The van der Waals surface area contributed by atoms with E-state index in [1.165, 1.54) is 18.5 Å². The first kappa shape index (κ1) is 19.3. The lowest BCUT2D eigenvalue weighted by molar-refractivity contribution is -0.135. The van der Waals surface area contributed by atoms with Gasteiger partial charge in [0.2, 0.25) is 15.9 Å². The number of methoxy groups -OCH3 is 2. The van der Waals surface area contributed by atoms with E-state index in [0.29, 0.717) is 43.5 Å². The number of sulfonamides is 1. The number of carbonyl (C=O) groups is 1. The largest absolute Gasteiger partial charge is 0.497 e. The number of hydrogen-bond donors (Lipinski definition) is 0. The van der Waals surface area contributed by atoms with Gasteiger partial charge in [0.1, 0.15) is 11.5 Å². The Labute approximate surface area is 148 Å². The molecule has 0 spiro atoms. The van der Waals surface area contributed by atoms with Crippen molar-refractivity contribution < 1.29 is 27.4 Å². The van der Waals surface area contributed by atoms with Gasteiger partial charge in [0.05, 0.1) is 39.4 Å². The number of morpholine rings is 1. The van der Waals surface area contributed by atoms with Gasteiger partial charge in [-0.25, -0.2) is 8.42 Å². The average Bonchev–Trinajstić information content (AvgIpc) is 2.61. The third kappa shape index (κ3) is 4.99. The molecule has 9 heteroatoms. The number of amides is 1. The molecule has 2 rings (SSSR count). The van der Waals surface area contributed by atoms with Gasteiger partial charge < -0.3 is 19.1 Å². The van der Waals surface area contributed by atoms with Crippen molar-refractivity contribution in [3.05, 3.63) is 18.2 Å². The van der Waals surface area contributed by atoms with Crippen LogP contribution in [0.1, 0.15) is 6.42 Å². The number of hydrogen-bond acceptors (Lipinski definition) is 6. The standard InChI is InChI=1S/C16H24N2O6S/c1-22-13-4-5-15(23-2)14(12-13)18(25(3,20)21)7-6-16(19)17-8-10-24-11-9-17/h4-5,12H,6-11H2,1-3H3. The molecule has 0 atom stereocenters. The maximum Gasteiger partial charge on any atom is 0.232 e. The highest BCUT2D eigenvalue weighted by Gasteiger charge is 2.24. The summed E-state index contributed by atoms with van der Waals surface area (Å²) in [5.41, 5.74) is 0.346. The SMILES string of the molecule is COc1ccc(OC)c(N(CCC(=O)N2CCOCC2)S(C)(=O)=O)c1. The van der Waals surface area contributed by atoms with Gasteiger partial charge in [-0.15, -0.1) is 0 Å². The molecule has 8 nitrogen and oxygen atoms in total. The van der Waals surface area contributed by atoms with Gasteiger partial charge in [-0.2, -0.15) is 0 Å². The quantitative estimate of drug-likeness (QED) is 0.701. The Bertz CT molecular complexity index is 701. The summed E-state index contributed by atoms with van der Waals surface area (Å²) in [7, 11) is -0.638. The molecule has 1 aliphatic heterocycles. The highest BCUT2D eigenvalue weighted by atomic mass is 32.2. The Morgan fingerprint density at radius 1 is 1.24 bits per heavy atom. The molecule has 1 amide bonds. The van der Waals surface area contributed by atoms with E-state index in [0.717, 1.165) is 6.26 Å². The molecule has 0 radical (unpaired) electrons. The van der Waals surface area contributed by atoms with Crippen molar-refractivity contribution in [1.82, 2.24) is 4.90 Å². The topological polar surface area (TPSA) is 85.4 Å². The van der Waals surface area contributed by atoms with Crippen LogP contribution in [0.2, 0.25) is 0 Å². The minimum absolute atomic E-state index is 0.0263. The zero-order valence-corrected chi connectivity index (χ0v) is 15.5. The van der Waals surface area contributed by atoms with Crippen LogP contribution in [-0.2, 0) is 19.6 Å². The number of nitrogens with zero attached hydrogens (tertiary/aromatic N) is 2. The molecular weight excluding hydrogens is 348 g/mol. The lowest BCUT2D eigenvalue weighted by Crippen LogP contribution is -2.42. The van der Waals surface area contributed by atoms with Crippen molar-refractivity contribution in [2.45, 2.75) is 6.42 Å². The van der Waals surface area contributed by atoms with Gasteiger partial charge in [-0.1, -0.05) is 0 Å². The van der Waals surface area contributed by atoms with Crippen LogP contribution in [0.4, 0.5) is 5.69 Å². The molecule has 1 aliphatic rings. The van der Waals surface area contributed by atoms with Gasteiger partial charge in [-0.05, 0) is 12.1 Å². The molecule has 0 bridgehead atoms. The Morgan fingerprint density at radius 2 is 1.92 bits per heavy atom. The van der Waals surface area contributed by atoms with Crippen molar-refractivity contribution in [1.29, 1.82) is 0 Å². The van der Waals surface area contributed by atoms with Gasteiger partial charge >= 0.3 is 0 Å². The van der Waals surface area contributed by atoms with E-state index in [2.05, 4.69) is 0 Å². The van der Waals surface area contributed by atoms with Crippen LogP contribution in [0, 0.1) is 0 Å². The molecular formula is C16H24N2O6S. The van der Waals surface area contributed by atoms with Crippen LogP contribution >= 0.6 is 0 Å². The Hall–Kier alpha value is -2.00. The second kappa shape index (κ2) is 8.39. The molecule has 0 aliphatic carbocycles. The first-order valence-corrected chi connectivity index (χ1v) is 9.77. The Balaban J connectivity index is 2.21. The van der Waals surface area contributed by atoms with Crippen molar-refractivity contribution in [3.63, 3.8) is 0 Å². The minimum atomic E-state index is -3.60. The molecule has 0 aromatic heterocycles. The number of anilines is 1. The van der Waals surface area contributed by atoms with Crippen LogP contribution in [0.5, 0.6) is 11.5 Å². The van der Waals surface area contributed by atoms with E-state index in [1.54, 1.807) is 23.1 Å². The first-order valence-electron chi connectivity index (χ1n) is 7.92. The van der Waals surface area contributed by atoms with Crippen molar-refractivity contribution >= 4 is 21.6 Å². The summed E-state index contributed by atoms with van der Waals surface area (Å²) in [6, 6.07) is 4.90. The van der Waals surface area contributed by atoms with E-state index in [1.807, 2.05) is 0 Å². The fourth-order valence-corrected chi connectivity index (χ4v) is 3.55. The molecule has 1 heterocycles. The highest BCUT2D eigenvalue weighted by molar-refractivity contribution is 7.92. The lowest BCUT2D eigenvalue weighted by atomic mass is 10.2. The molecule has 140 valence electrons. The number of carbonyl (C=O) groups excluding carboxylic acids is 1. The maximum atomic E-state index is 12.3. The van der Waals surface area contributed by atoms with Gasteiger partial charge in [0.25, 0.3) is 0 Å². The van der Waals surface area contributed by atoms with Crippen molar-refractivity contribution in [2.75, 3.05) is 57.6 Å². The summed E-state index contributed by atoms with van der Waals surface area (Å²) in [5.74, 6) is 0.799. The monoisotopic (exact) mass is 372 g/mol. The third-order valence-corrected chi connectivity index (χ3v) is 5.13. The summed E-state index contributed by atoms with van der Waals surface area (Å²) in [4.78, 5) is 14.0. The van der Waals surface area contributed by atoms with E-state index < -0.39 is 10.0 Å². The third-order valence-electron chi connectivity index (χ3n) is 3.95. The van der Waals surface area contributed by atoms with E-state index >= 15 is 0 Å². The Kier molecular flexibility index (Phi) is 6.49. The summed E-state index contributed by atoms with van der Waals surface area (Å²) in [5, 5.41) is 0. The summed E-state index contributed by atoms with van der Waals surface area (Å²) < 4.78 is 41.4. The molecule has 1 saturated heterocycles.